The predicted octanol–water partition coefficient (Wildman–Crippen LogP) is 2.17. The summed E-state index contributed by atoms with van der Waals surface area (Å²) in [7, 11) is 0. The van der Waals surface area contributed by atoms with E-state index < -0.39 is 17.4 Å². The maximum atomic E-state index is 13.0. The smallest absolute Gasteiger partial charge is 0.275 e. The number of amides is 2. The monoisotopic (exact) mass is 381 g/mol. The van der Waals surface area contributed by atoms with Crippen LogP contribution in [-0.4, -0.2) is 16.8 Å². The number of carbonyl (C=O) groups is 2. The Bertz CT molecular complexity index is 1050. The van der Waals surface area contributed by atoms with Gasteiger partial charge in [0.25, 0.3) is 17.4 Å². The standard InChI is InChI=1S/C20H16FN3O4/c21-14-9-7-13(8-10-14)12-28-17-6-2-1-4-15(17)19(26)23-24-20(27)16-5-3-11-22-18(16)25/h1-11H,12H2,(H,22,25)(H,23,26)(H,24,27). The summed E-state index contributed by atoms with van der Waals surface area (Å²) in [6, 6.07) is 15.1. The molecule has 2 amide bonds. The van der Waals surface area contributed by atoms with Crippen molar-refractivity contribution < 1.29 is 18.7 Å². The van der Waals surface area contributed by atoms with Gasteiger partial charge < -0.3 is 9.72 Å². The van der Waals surface area contributed by atoms with Crippen molar-refractivity contribution in [3.63, 3.8) is 0 Å². The van der Waals surface area contributed by atoms with Crippen molar-refractivity contribution in [2.24, 2.45) is 0 Å². The van der Waals surface area contributed by atoms with E-state index in [-0.39, 0.29) is 29.3 Å². The van der Waals surface area contributed by atoms with E-state index in [0.29, 0.717) is 0 Å². The number of hydrogen-bond acceptors (Lipinski definition) is 4. The third-order valence-electron chi connectivity index (χ3n) is 3.79. The highest BCUT2D eigenvalue weighted by Gasteiger charge is 2.15. The van der Waals surface area contributed by atoms with Crippen molar-refractivity contribution in [3.05, 3.63) is 99.7 Å². The molecule has 0 atom stereocenters. The first-order chi connectivity index (χ1) is 13.5. The molecule has 28 heavy (non-hydrogen) atoms. The number of hydrogen-bond donors (Lipinski definition) is 3. The summed E-state index contributed by atoms with van der Waals surface area (Å²) in [5.74, 6) is -1.43. The van der Waals surface area contributed by atoms with Gasteiger partial charge in [0.15, 0.2) is 0 Å². The van der Waals surface area contributed by atoms with Gasteiger partial charge >= 0.3 is 0 Å². The average molecular weight is 381 g/mol. The number of hydrazine groups is 1. The van der Waals surface area contributed by atoms with Crippen LogP contribution in [0.4, 0.5) is 4.39 Å². The fourth-order valence-corrected chi connectivity index (χ4v) is 2.37. The Labute approximate surface area is 159 Å². The number of carbonyl (C=O) groups excluding carboxylic acids is 2. The first kappa shape index (κ1) is 18.8. The fraction of sp³-hybridized carbons (Fsp3) is 0.0500. The Kier molecular flexibility index (Phi) is 5.81. The van der Waals surface area contributed by atoms with Crippen LogP contribution in [0.15, 0.2) is 71.7 Å². The van der Waals surface area contributed by atoms with Crippen LogP contribution in [0.2, 0.25) is 0 Å². The Morgan fingerprint density at radius 1 is 0.893 bits per heavy atom. The molecule has 0 aliphatic rings. The minimum absolute atomic E-state index is 0.135. The van der Waals surface area contributed by atoms with Gasteiger partial charge in [-0.1, -0.05) is 24.3 Å². The highest BCUT2D eigenvalue weighted by Crippen LogP contribution is 2.19. The number of para-hydroxylation sites is 1. The number of aromatic amines is 1. The van der Waals surface area contributed by atoms with Crippen LogP contribution in [0, 0.1) is 5.82 Å². The number of pyridine rings is 1. The molecule has 2 aromatic carbocycles. The Balaban J connectivity index is 1.65. The molecule has 142 valence electrons. The van der Waals surface area contributed by atoms with Gasteiger partial charge in [-0.3, -0.25) is 25.2 Å². The topological polar surface area (TPSA) is 100 Å². The second-order valence-corrected chi connectivity index (χ2v) is 5.73. The van der Waals surface area contributed by atoms with E-state index >= 15 is 0 Å². The molecule has 8 heteroatoms. The zero-order chi connectivity index (χ0) is 19.9. The molecule has 3 aromatic rings. The van der Waals surface area contributed by atoms with Gasteiger partial charge in [0, 0.05) is 6.20 Å². The zero-order valence-corrected chi connectivity index (χ0v) is 14.6. The second-order valence-electron chi connectivity index (χ2n) is 5.73. The van der Waals surface area contributed by atoms with E-state index in [1.807, 2.05) is 0 Å². The number of H-pyrrole nitrogens is 1. The van der Waals surface area contributed by atoms with Gasteiger partial charge in [-0.2, -0.15) is 0 Å². The van der Waals surface area contributed by atoms with Crippen LogP contribution in [0.25, 0.3) is 0 Å². The van der Waals surface area contributed by atoms with Crippen LogP contribution in [0.3, 0.4) is 0 Å². The van der Waals surface area contributed by atoms with Crippen LogP contribution in [0.5, 0.6) is 5.75 Å². The molecule has 0 spiro atoms. The van der Waals surface area contributed by atoms with E-state index in [0.717, 1.165) is 5.56 Å². The van der Waals surface area contributed by atoms with Gasteiger partial charge in [0.2, 0.25) is 0 Å². The molecule has 0 saturated heterocycles. The zero-order valence-electron chi connectivity index (χ0n) is 14.6. The molecule has 1 aromatic heterocycles. The van der Waals surface area contributed by atoms with Crippen LogP contribution < -0.4 is 21.1 Å². The molecule has 0 saturated carbocycles. The number of aromatic nitrogens is 1. The lowest BCUT2D eigenvalue weighted by Gasteiger charge is -2.12. The minimum Gasteiger partial charge on any atom is -0.488 e. The first-order valence-corrected chi connectivity index (χ1v) is 8.29. The van der Waals surface area contributed by atoms with E-state index in [1.165, 1.54) is 36.5 Å². The molecule has 0 unspecified atom stereocenters. The number of benzene rings is 2. The third kappa shape index (κ3) is 4.61. The van der Waals surface area contributed by atoms with Crippen molar-refractivity contribution in [2.45, 2.75) is 6.61 Å². The maximum absolute atomic E-state index is 13.0. The van der Waals surface area contributed by atoms with Crippen LogP contribution in [0.1, 0.15) is 26.3 Å². The van der Waals surface area contributed by atoms with Gasteiger partial charge in [-0.05, 0) is 42.0 Å². The number of rotatable bonds is 5. The largest absolute Gasteiger partial charge is 0.488 e. The fourth-order valence-electron chi connectivity index (χ4n) is 2.37. The van der Waals surface area contributed by atoms with E-state index in [4.69, 9.17) is 4.74 Å². The first-order valence-electron chi connectivity index (χ1n) is 8.29. The molecule has 0 aliphatic carbocycles. The number of halogens is 1. The Morgan fingerprint density at radius 3 is 2.25 bits per heavy atom. The molecule has 3 rings (SSSR count). The molecule has 0 radical (unpaired) electrons. The minimum atomic E-state index is -0.750. The van der Waals surface area contributed by atoms with Gasteiger partial charge in [-0.25, -0.2) is 4.39 Å². The lowest BCUT2D eigenvalue weighted by atomic mass is 10.2. The van der Waals surface area contributed by atoms with Crippen molar-refractivity contribution in [3.8, 4) is 5.75 Å². The summed E-state index contributed by atoms with van der Waals surface area (Å²) in [5, 5.41) is 0. The van der Waals surface area contributed by atoms with Crippen LogP contribution >= 0.6 is 0 Å². The van der Waals surface area contributed by atoms with E-state index in [9.17, 15) is 18.8 Å². The predicted molar refractivity (Wildman–Crippen MR) is 99.2 cm³/mol. The quantitative estimate of drug-likeness (QED) is 0.590. The normalized spacial score (nSPS) is 10.2. The molecule has 0 fully saturated rings. The molecular weight excluding hydrogens is 365 g/mol. The molecule has 0 bridgehead atoms. The summed E-state index contributed by atoms with van der Waals surface area (Å²) in [6.07, 6.45) is 1.40. The summed E-state index contributed by atoms with van der Waals surface area (Å²) in [5.41, 5.74) is 4.65. The van der Waals surface area contributed by atoms with Crippen molar-refractivity contribution >= 4 is 11.8 Å². The van der Waals surface area contributed by atoms with Crippen molar-refractivity contribution in [1.29, 1.82) is 0 Å². The molecule has 3 N–H and O–H groups in total. The van der Waals surface area contributed by atoms with Gasteiger partial charge in [-0.15, -0.1) is 0 Å². The van der Waals surface area contributed by atoms with E-state index in [2.05, 4.69) is 15.8 Å². The average Bonchev–Trinajstić information content (AvgIpc) is 2.72. The Morgan fingerprint density at radius 2 is 1.54 bits per heavy atom. The highest BCUT2D eigenvalue weighted by atomic mass is 19.1. The SMILES string of the molecule is O=C(NNC(=O)c1ccc[nH]c1=O)c1ccccc1OCc1ccc(F)cc1. The molecule has 1 heterocycles. The van der Waals surface area contributed by atoms with E-state index in [1.54, 1.807) is 30.3 Å². The summed E-state index contributed by atoms with van der Waals surface area (Å²) in [4.78, 5) is 38.4. The van der Waals surface area contributed by atoms with Crippen LogP contribution in [-0.2, 0) is 6.61 Å². The van der Waals surface area contributed by atoms with Crippen molar-refractivity contribution in [1.82, 2.24) is 15.8 Å². The molecular formula is C20H16FN3O4. The lowest BCUT2D eigenvalue weighted by Crippen LogP contribution is -2.43. The summed E-state index contributed by atoms with van der Waals surface area (Å²) < 4.78 is 18.6. The lowest BCUT2D eigenvalue weighted by molar-refractivity contribution is 0.0843. The Hall–Kier alpha value is -3.94. The van der Waals surface area contributed by atoms with Gasteiger partial charge in [0.1, 0.15) is 23.7 Å². The summed E-state index contributed by atoms with van der Waals surface area (Å²) in [6.45, 7) is 0.135. The van der Waals surface area contributed by atoms with Crippen molar-refractivity contribution in [2.75, 3.05) is 0 Å². The third-order valence-corrected chi connectivity index (χ3v) is 3.79. The molecule has 0 aliphatic heterocycles. The summed E-state index contributed by atoms with van der Waals surface area (Å²) >= 11 is 0. The number of nitrogens with one attached hydrogen (secondary N) is 3. The molecule has 7 nitrogen and oxygen atoms in total. The van der Waals surface area contributed by atoms with Gasteiger partial charge in [0.05, 0.1) is 5.56 Å². The number of ether oxygens (including phenoxy) is 1. The highest BCUT2D eigenvalue weighted by molar-refractivity contribution is 6.00. The second kappa shape index (κ2) is 8.63. The maximum Gasteiger partial charge on any atom is 0.275 e.